The van der Waals surface area contributed by atoms with Crippen molar-refractivity contribution >= 4 is 28.5 Å². The van der Waals surface area contributed by atoms with Crippen molar-refractivity contribution in [1.82, 2.24) is 4.90 Å². The van der Waals surface area contributed by atoms with Crippen molar-refractivity contribution in [3.05, 3.63) is 64.4 Å². The van der Waals surface area contributed by atoms with Crippen LogP contribution in [0.15, 0.2) is 41.0 Å². The van der Waals surface area contributed by atoms with Gasteiger partial charge in [0.15, 0.2) is 0 Å². The molecule has 1 saturated heterocycles. The van der Waals surface area contributed by atoms with Crippen LogP contribution in [0.2, 0.25) is 0 Å². The van der Waals surface area contributed by atoms with Gasteiger partial charge in [-0.2, -0.15) is 0 Å². The second-order valence-corrected chi connectivity index (χ2v) is 9.33. The molecule has 166 valence electrons. The highest BCUT2D eigenvalue weighted by atomic mass is 16.3. The van der Waals surface area contributed by atoms with Crippen LogP contribution in [0.5, 0.6) is 0 Å². The van der Waals surface area contributed by atoms with Crippen LogP contribution in [-0.2, 0) is 24.1 Å². The molecule has 1 N–H and O–H groups in total. The number of likely N-dealkylation sites (tertiary alicyclic amines) is 1. The highest BCUT2D eigenvalue weighted by Crippen LogP contribution is 2.31. The summed E-state index contributed by atoms with van der Waals surface area (Å²) in [7, 11) is 0. The lowest BCUT2D eigenvalue weighted by Gasteiger charge is -2.33. The lowest BCUT2D eigenvalue weighted by atomic mass is 10.0. The highest BCUT2D eigenvalue weighted by molar-refractivity contribution is 5.98. The minimum atomic E-state index is -0.0833. The zero-order valence-corrected chi connectivity index (χ0v) is 18.9. The van der Waals surface area contributed by atoms with Gasteiger partial charge >= 0.3 is 0 Å². The normalized spacial score (nSPS) is 18.1. The van der Waals surface area contributed by atoms with E-state index in [0.29, 0.717) is 5.56 Å². The first-order valence-electron chi connectivity index (χ1n) is 11.7. The number of amides is 2. The molecule has 2 amide bonds. The topological polar surface area (TPSA) is 62.6 Å². The summed E-state index contributed by atoms with van der Waals surface area (Å²) in [6.45, 7) is 4.87. The van der Waals surface area contributed by atoms with E-state index >= 15 is 0 Å². The Morgan fingerprint density at radius 2 is 1.91 bits per heavy atom. The second kappa shape index (κ2) is 8.45. The number of anilines is 1. The maximum Gasteiger partial charge on any atom is 0.254 e. The largest absolute Gasteiger partial charge is 0.464 e. The number of nitrogens with zero attached hydrogens (tertiary/aromatic N) is 1. The van der Waals surface area contributed by atoms with Gasteiger partial charge in [0.2, 0.25) is 5.91 Å². The number of fused-ring (bicyclic) bond motifs is 2. The molecule has 1 unspecified atom stereocenters. The average Bonchev–Trinajstić information content (AvgIpc) is 3.40. The lowest BCUT2D eigenvalue weighted by Crippen LogP contribution is -2.42. The molecule has 1 aliphatic heterocycles. The van der Waals surface area contributed by atoms with E-state index in [1.807, 2.05) is 30.0 Å². The molecule has 1 atom stereocenters. The number of hydrogen-bond donors (Lipinski definition) is 1. The van der Waals surface area contributed by atoms with Gasteiger partial charge in [-0.3, -0.25) is 9.59 Å². The first-order chi connectivity index (χ1) is 15.5. The molecular weight excluding hydrogens is 400 g/mol. The van der Waals surface area contributed by atoms with E-state index in [2.05, 4.69) is 24.4 Å². The highest BCUT2D eigenvalue weighted by Gasteiger charge is 2.24. The SMILES string of the molecule is Cc1cc(C(=O)N2CCCCC2C)ccc1NC(=O)Cc1coc2cc3c(cc12)CCC3. The van der Waals surface area contributed by atoms with Crippen molar-refractivity contribution in [1.29, 1.82) is 0 Å². The molecule has 1 aromatic heterocycles. The smallest absolute Gasteiger partial charge is 0.254 e. The van der Waals surface area contributed by atoms with Gasteiger partial charge in [0, 0.05) is 34.8 Å². The molecule has 5 nitrogen and oxygen atoms in total. The summed E-state index contributed by atoms with van der Waals surface area (Å²) in [5.74, 6) is -0.00407. The van der Waals surface area contributed by atoms with E-state index in [1.165, 1.54) is 24.0 Å². The molecular formula is C27H30N2O3. The monoisotopic (exact) mass is 430 g/mol. The summed E-state index contributed by atoms with van der Waals surface area (Å²) in [6, 6.07) is 10.1. The van der Waals surface area contributed by atoms with Crippen molar-refractivity contribution in [3.63, 3.8) is 0 Å². The van der Waals surface area contributed by atoms with Crippen molar-refractivity contribution in [2.24, 2.45) is 0 Å². The molecule has 1 aliphatic carbocycles. The van der Waals surface area contributed by atoms with Gasteiger partial charge in [0.1, 0.15) is 5.58 Å². The van der Waals surface area contributed by atoms with E-state index in [0.717, 1.165) is 60.0 Å². The van der Waals surface area contributed by atoms with Crippen LogP contribution < -0.4 is 5.32 Å². The molecule has 0 spiro atoms. The quantitative estimate of drug-likeness (QED) is 0.601. The van der Waals surface area contributed by atoms with Crippen LogP contribution in [0.3, 0.4) is 0 Å². The van der Waals surface area contributed by atoms with E-state index in [4.69, 9.17) is 4.42 Å². The number of rotatable bonds is 4. The Bertz CT molecular complexity index is 1190. The lowest BCUT2D eigenvalue weighted by molar-refractivity contribution is -0.115. The second-order valence-electron chi connectivity index (χ2n) is 9.33. The third-order valence-corrected chi connectivity index (χ3v) is 7.03. The van der Waals surface area contributed by atoms with Crippen LogP contribution >= 0.6 is 0 Å². The fraction of sp³-hybridized carbons (Fsp3) is 0.407. The van der Waals surface area contributed by atoms with Gasteiger partial charge in [0.25, 0.3) is 5.91 Å². The van der Waals surface area contributed by atoms with E-state index in [-0.39, 0.29) is 24.3 Å². The number of carbonyl (C=O) groups is 2. The molecule has 1 fully saturated rings. The summed E-state index contributed by atoms with van der Waals surface area (Å²) in [6.07, 6.45) is 8.67. The van der Waals surface area contributed by atoms with Crippen LogP contribution in [0.25, 0.3) is 11.0 Å². The predicted molar refractivity (Wildman–Crippen MR) is 126 cm³/mol. The Labute approximate surface area is 188 Å². The van der Waals surface area contributed by atoms with Gasteiger partial charge < -0.3 is 14.6 Å². The summed E-state index contributed by atoms with van der Waals surface area (Å²) in [5.41, 5.74) is 6.83. The van der Waals surface area contributed by atoms with Crippen LogP contribution in [0.1, 0.15) is 65.2 Å². The Balaban J connectivity index is 1.29. The Hall–Kier alpha value is -3.08. The fourth-order valence-electron chi connectivity index (χ4n) is 5.15. The molecule has 0 bridgehead atoms. The van der Waals surface area contributed by atoms with Crippen molar-refractivity contribution in [2.75, 3.05) is 11.9 Å². The Morgan fingerprint density at radius 3 is 2.69 bits per heavy atom. The molecule has 3 aromatic rings. The number of hydrogen-bond acceptors (Lipinski definition) is 3. The van der Waals surface area contributed by atoms with Crippen LogP contribution in [-0.4, -0.2) is 29.3 Å². The molecule has 2 aliphatic rings. The standard InChI is InChI=1S/C27H30N2O3/c1-17-12-21(27(31)29-11-4-3-6-18(29)2)9-10-24(17)28-26(30)15-22-16-32-25-14-20-8-5-7-19(20)13-23(22)25/h9-10,12-14,16,18H,3-8,11,15H2,1-2H3,(H,28,30). The summed E-state index contributed by atoms with van der Waals surface area (Å²) in [4.78, 5) is 27.7. The van der Waals surface area contributed by atoms with Crippen molar-refractivity contribution in [3.8, 4) is 0 Å². The molecule has 0 radical (unpaired) electrons. The van der Waals surface area contributed by atoms with Crippen molar-refractivity contribution < 1.29 is 14.0 Å². The third kappa shape index (κ3) is 3.92. The van der Waals surface area contributed by atoms with Crippen molar-refractivity contribution in [2.45, 2.75) is 64.8 Å². The van der Waals surface area contributed by atoms with Gasteiger partial charge in [-0.05, 0) is 99.4 Å². The molecule has 5 rings (SSSR count). The number of furan rings is 1. The first kappa shape index (κ1) is 20.8. The van der Waals surface area contributed by atoms with E-state index in [9.17, 15) is 9.59 Å². The molecule has 2 aromatic carbocycles. The number of carbonyl (C=O) groups excluding carboxylic acids is 2. The Kier molecular flexibility index (Phi) is 5.50. The maximum atomic E-state index is 12.9. The zero-order chi connectivity index (χ0) is 22.2. The van der Waals surface area contributed by atoms with Crippen LogP contribution in [0, 0.1) is 6.92 Å². The third-order valence-electron chi connectivity index (χ3n) is 7.03. The minimum Gasteiger partial charge on any atom is -0.464 e. The molecule has 2 heterocycles. The minimum absolute atomic E-state index is 0.0792. The predicted octanol–water partition coefficient (Wildman–Crippen LogP) is 5.43. The summed E-state index contributed by atoms with van der Waals surface area (Å²) < 4.78 is 5.74. The molecule has 5 heteroatoms. The Morgan fingerprint density at radius 1 is 1.09 bits per heavy atom. The summed E-state index contributed by atoms with van der Waals surface area (Å²) in [5, 5.41) is 4.05. The van der Waals surface area contributed by atoms with Gasteiger partial charge in [-0.15, -0.1) is 0 Å². The number of nitrogens with one attached hydrogen (secondary N) is 1. The average molecular weight is 431 g/mol. The fourth-order valence-corrected chi connectivity index (χ4v) is 5.15. The molecule has 32 heavy (non-hydrogen) atoms. The van der Waals surface area contributed by atoms with Gasteiger partial charge in [-0.25, -0.2) is 0 Å². The van der Waals surface area contributed by atoms with E-state index < -0.39 is 0 Å². The van der Waals surface area contributed by atoms with Gasteiger partial charge in [-0.1, -0.05) is 0 Å². The number of piperidine rings is 1. The number of benzene rings is 2. The first-order valence-corrected chi connectivity index (χ1v) is 11.7. The van der Waals surface area contributed by atoms with E-state index in [1.54, 1.807) is 6.26 Å². The maximum absolute atomic E-state index is 12.9. The molecule has 0 saturated carbocycles. The summed E-state index contributed by atoms with van der Waals surface area (Å²) >= 11 is 0. The van der Waals surface area contributed by atoms with Gasteiger partial charge in [0.05, 0.1) is 12.7 Å². The zero-order valence-electron chi connectivity index (χ0n) is 18.9. The van der Waals surface area contributed by atoms with Crippen LogP contribution in [0.4, 0.5) is 5.69 Å². The number of aryl methyl sites for hydroxylation is 3.